The summed E-state index contributed by atoms with van der Waals surface area (Å²) in [6.45, 7) is 0. The van der Waals surface area contributed by atoms with Crippen LogP contribution in [0.2, 0.25) is 0 Å². The third-order valence-electron chi connectivity index (χ3n) is 4.32. The molecule has 0 unspecified atom stereocenters. The normalized spacial score (nSPS) is 11.0. The van der Waals surface area contributed by atoms with E-state index in [4.69, 9.17) is 4.42 Å². The topological polar surface area (TPSA) is 64.4 Å². The molecule has 0 saturated heterocycles. The van der Waals surface area contributed by atoms with Gasteiger partial charge in [-0.05, 0) is 30.3 Å². The minimum absolute atomic E-state index is 0.107. The molecule has 0 atom stereocenters. The lowest BCUT2D eigenvalue weighted by Crippen LogP contribution is -2.18. The molecule has 0 aliphatic rings. The molecule has 0 aliphatic carbocycles. The summed E-state index contributed by atoms with van der Waals surface area (Å²) in [5.74, 6) is -9.70. The van der Waals surface area contributed by atoms with Crippen LogP contribution in [0.25, 0.3) is 22.6 Å². The first-order chi connectivity index (χ1) is 14.4. The van der Waals surface area contributed by atoms with Gasteiger partial charge in [-0.15, -0.1) is 0 Å². The highest BCUT2D eigenvalue weighted by Gasteiger charge is 2.30. The van der Waals surface area contributed by atoms with E-state index in [1.54, 1.807) is 36.4 Å². The Morgan fingerprint density at radius 2 is 1.67 bits per heavy atom. The van der Waals surface area contributed by atoms with Crippen LogP contribution in [0.4, 0.5) is 23.2 Å². The predicted octanol–water partition coefficient (Wildman–Crippen LogP) is 5.31. The molecule has 1 heterocycles. The standard InChI is InChI=1S/C21H12F4N2O3/c1-29-19-17(24)15(22)14(16(23)18(19)25)20(28)26-11-6-4-5-10(9-11)21-27-12-7-2-3-8-13(12)30-21/h2-9H,1H3,(H,26,28). The van der Waals surface area contributed by atoms with Crippen LogP contribution < -0.4 is 10.1 Å². The van der Waals surface area contributed by atoms with Crippen molar-refractivity contribution in [1.29, 1.82) is 0 Å². The lowest BCUT2D eigenvalue weighted by Gasteiger charge is -2.11. The average Bonchev–Trinajstić information content (AvgIpc) is 3.17. The van der Waals surface area contributed by atoms with Gasteiger partial charge in [-0.2, -0.15) is 8.78 Å². The fourth-order valence-corrected chi connectivity index (χ4v) is 2.91. The third-order valence-corrected chi connectivity index (χ3v) is 4.32. The zero-order valence-corrected chi connectivity index (χ0v) is 15.3. The predicted molar refractivity (Wildman–Crippen MR) is 100 cm³/mol. The lowest BCUT2D eigenvalue weighted by atomic mass is 10.1. The van der Waals surface area contributed by atoms with Crippen molar-refractivity contribution in [2.75, 3.05) is 12.4 Å². The second-order valence-corrected chi connectivity index (χ2v) is 6.19. The molecule has 1 aromatic heterocycles. The van der Waals surface area contributed by atoms with Crippen molar-refractivity contribution in [3.8, 4) is 17.2 Å². The summed E-state index contributed by atoms with van der Waals surface area (Å²) in [6, 6.07) is 13.1. The van der Waals surface area contributed by atoms with Crippen molar-refractivity contribution in [3.63, 3.8) is 0 Å². The molecule has 0 saturated carbocycles. The monoisotopic (exact) mass is 416 g/mol. The second-order valence-electron chi connectivity index (χ2n) is 6.19. The second kappa shape index (κ2) is 7.51. The van der Waals surface area contributed by atoms with Gasteiger partial charge in [0.05, 0.1) is 7.11 Å². The smallest absolute Gasteiger partial charge is 0.261 e. The van der Waals surface area contributed by atoms with Gasteiger partial charge in [-0.3, -0.25) is 4.79 Å². The fraction of sp³-hybridized carbons (Fsp3) is 0.0476. The number of carbonyl (C=O) groups excluding carboxylic acids is 1. The van der Waals surface area contributed by atoms with Crippen LogP contribution in [0.3, 0.4) is 0 Å². The Hall–Kier alpha value is -3.88. The van der Waals surface area contributed by atoms with Crippen LogP contribution in [0.5, 0.6) is 5.75 Å². The van der Waals surface area contributed by atoms with Gasteiger partial charge in [0.2, 0.25) is 17.5 Å². The number of hydrogen-bond acceptors (Lipinski definition) is 4. The lowest BCUT2D eigenvalue weighted by molar-refractivity contribution is 0.101. The Balaban J connectivity index is 1.67. The van der Waals surface area contributed by atoms with E-state index in [2.05, 4.69) is 15.0 Å². The average molecular weight is 416 g/mol. The van der Waals surface area contributed by atoms with E-state index < -0.39 is 40.5 Å². The molecule has 1 N–H and O–H groups in total. The minimum Gasteiger partial charge on any atom is -0.491 e. The molecule has 152 valence electrons. The van der Waals surface area contributed by atoms with Gasteiger partial charge in [-0.1, -0.05) is 18.2 Å². The SMILES string of the molecule is COc1c(F)c(F)c(C(=O)Nc2cccc(-c3nc4ccccc4o3)c2)c(F)c1F. The van der Waals surface area contributed by atoms with Gasteiger partial charge in [0.1, 0.15) is 11.1 Å². The molecule has 4 aromatic rings. The van der Waals surface area contributed by atoms with Crippen LogP contribution in [-0.4, -0.2) is 18.0 Å². The van der Waals surface area contributed by atoms with E-state index in [-0.39, 0.29) is 11.6 Å². The zero-order valence-electron chi connectivity index (χ0n) is 15.3. The number of aromatic nitrogens is 1. The summed E-state index contributed by atoms with van der Waals surface area (Å²) >= 11 is 0. The van der Waals surface area contributed by atoms with Gasteiger partial charge >= 0.3 is 0 Å². The van der Waals surface area contributed by atoms with Gasteiger partial charge in [-0.25, -0.2) is 13.8 Å². The largest absolute Gasteiger partial charge is 0.491 e. The molecule has 0 spiro atoms. The molecule has 4 rings (SSSR count). The molecule has 0 fully saturated rings. The molecule has 3 aromatic carbocycles. The van der Waals surface area contributed by atoms with Crippen molar-refractivity contribution in [3.05, 3.63) is 77.4 Å². The summed E-state index contributed by atoms with van der Waals surface area (Å²) in [6.07, 6.45) is 0. The molecule has 9 heteroatoms. The number of amides is 1. The fourth-order valence-electron chi connectivity index (χ4n) is 2.91. The molecular formula is C21H12F4N2O3. The summed E-state index contributed by atoms with van der Waals surface area (Å²) in [4.78, 5) is 16.7. The molecule has 5 nitrogen and oxygen atoms in total. The number of methoxy groups -OCH3 is 1. The first kappa shape index (κ1) is 19.4. The van der Waals surface area contributed by atoms with Crippen LogP contribution in [0.1, 0.15) is 10.4 Å². The molecule has 0 aliphatic heterocycles. The van der Waals surface area contributed by atoms with Crippen molar-refractivity contribution < 1.29 is 31.5 Å². The number of benzene rings is 3. The first-order valence-electron chi connectivity index (χ1n) is 8.58. The maximum Gasteiger partial charge on any atom is 0.261 e. The van der Waals surface area contributed by atoms with Crippen molar-refractivity contribution in [1.82, 2.24) is 4.98 Å². The number of oxazole rings is 1. The number of hydrogen-bond donors (Lipinski definition) is 1. The molecule has 30 heavy (non-hydrogen) atoms. The van der Waals surface area contributed by atoms with E-state index in [1.165, 1.54) is 12.1 Å². The van der Waals surface area contributed by atoms with Gasteiger partial charge < -0.3 is 14.5 Å². The number of halogens is 4. The van der Waals surface area contributed by atoms with Crippen LogP contribution >= 0.6 is 0 Å². The van der Waals surface area contributed by atoms with Crippen molar-refractivity contribution in [2.24, 2.45) is 0 Å². The molecular weight excluding hydrogens is 404 g/mol. The minimum atomic E-state index is -1.86. The van der Waals surface area contributed by atoms with Crippen LogP contribution in [0.15, 0.2) is 52.9 Å². The van der Waals surface area contributed by atoms with Gasteiger partial charge in [0.15, 0.2) is 23.0 Å². The van der Waals surface area contributed by atoms with Crippen LogP contribution in [0, 0.1) is 23.3 Å². The van der Waals surface area contributed by atoms with E-state index in [1.807, 2.05) is 0 Å². The Morgan fingerprint density at radius 1 is 0.967 bits per heavy atom. The summed E-state index contributed by atoms with van der Waals surface area (Å²) < 4.78 is 66.0. The number of carbonyl (C=O) groups is 1. The third kappa shape index (κ3) is 3.24. The van der Waals surface area contributed by atoms with E-state index in [0.717, 1.165) is 7.11 Å². The molecule has 1 amide bonds. The van der Waals surface area contributed by atoms with E-state index >= 15 is 0 Å². The van der Waals surface area contributed by atoms with Gasteiger partial charge in [0.25, 0.3) is 5.91 Å². The maximum absolute atomic E-state index is 14.2. The van der Waals surface area contributed by atoms with E-state index in [0.29, 0.717) is 16.7 Å². The Labute approximate surface area is 166 Å². The maximum atomic E-state index is 14.2. The summed E-state index contributed by atoms with van der Waals surface area (Å²) in [5.41, 5.74) is 0.343. The zero-order chi connectivity index (χ0) is 21.4. The summed E-state index contributed by atoms with van der Waals surface area (Å²) in [7, 11) is 0.845. The van der Waals surface area contributed by atoms with Crippen molar-refractivity contribution in [2.45, 2.75) is 0 Å². The number of fused-ring (bicyclic) bond motifs is 1. The Morgan fingerprint density at radius 3 is 2.33 bits per heavy atom. The number of ether oxygens (including phenoxy) is 1. The first-order valence-corrected chi connectivity index (χ1v) is 8.58. The highest BCUT2D eigenvalue weighted by Crippen LogP contribution is 2.31. The van der Waals surface area contributed by atoms with Gasteiger partial charge in [0, 0.05) is 11.3 Å². The summed E-state index contributed by atoms with van der Waals surface area (Å²) in [5, 5.41) is 2.21. The quantitative estimate of drug-likeness (QED) is 0.362. The van der Waals surface area contributed by atoms with Crippen LogP contribution in [-0.2, 0) is 0 Å². The van der Waals surface area contributed by atoms with E-state index in [9.17, 15) is 22.4 Å². The Bertz CT molecular complexity index is 1220. The van der Waals surface area contributed by atoms with Crippen molar-refractivity contribution >= 4 is 22.7 Å². The highest BCUT2D eigenvalue weighted by atomic mass is 19.2. The number of rotatable bonds is 4. The highest BCUT2D eigenvalue weighted by molar-refractivity contribution is 6.05. The number of nitrogens with one attached hydrogen (secondary N) is 1. The molecule has 0 bridgehead atoms. The number of para-hydroxylation sites is 2. The Kier molecular flexibility index (Phi) is 4.86. The number of anilines is 1. The molecule has 0 radical (unpaired) electrons. The number of nitrogens with zero attached hydrogens (tertiary/aromatic N) is 1.